The Bertz CT molecular complexity index is 757. The molecule has 0 bridgehead atoms. The first-order valence-corrected chi connectivity index (χ1v) is 10.4. The molecule has 0 spiro atoms. The van der Waals surface area contributed by atoms with Crippen molar-refractivity contribution in [3.05, 3.63) is 43.0 Å². The lowest BCUT2D eigenvalue weighted by molar-refractivity contribution is 0.180. The Balaban J connectivity index is 1.59. The van der Waals surface area contributed by atoms with Crippen LogP contribution < -0.4 is 9.46 Å². The number of nitrogens with one attached hydrogen (secondary N) is 1. The summed E-state index contributed by atoms with van der Waals surface area (Å²) in [6.07, 6.45) is 9.44. The fourth-order valence-corrected chi connectivity index (χ4v) is 4.14. The summed E-state index contributed by atoms with van der Waals surface area (Å²) in [5.74, 6) is 1.13. The minimum absolute atomic E-state index is 0.0241. The van der Waals surface area contributed by atoms with Crippen molar-refractivity contribution in [1.82, 2.24) is 14.3 Å². The molecule has 25 heavy (non-hydrogen) atoms. The highest BCUT2D eigenvalue weighted by Gasteiger charge is 2.28. The van der Waals surface area contributed by atoms with Crippen molar-refractivity contribution >= 4 is 10.0 Å². The van der Waals surface area contributed by atoms with Crippen LogP contribution in [0.4, 0.5) is 0 Å². The van der Waals surface area contributed by atoms with Crippen molar-refractivity contribution in [2.24, 2.45) is 5.92 Å². The second-order valence-corrected chi connectivity index (χ2v) is 8.49. The lowest BCUT2D eigenvalue weighted by atomic mass is 9.86. The van der Waals surface area contributed by atoms with Crippen molar-refractivity contribution in [3.63, 3.8) is 0 Å². The first-order valence-electron chi connectivity index (χ1n) is 8.78. The fraction of sp³-hybridized carbons (Fsp3) is 0.500. The minimum Gasteiger partial charge on any atom is -0.493 e. The Hall–Kier alpha value is -1.86. The molecule has 0 radical (unpaired) electrons. The van der Waals surface area contributed by atoms with Gasteiger partial charge in [-0.1, -0.05) is 12.8 Å². The summed E-state index contributed by atoms with van der Waals surface area (Å²) in [5.41, 5.74) is 1.02. The second-order valence-electron chi connectivity index (χ2n) is 6.45. The van der Waals surface area contributed by atoms with Crippen molar-refractivity contribution in [2.75, 3.05) is 12.4 Å². The molecule has 1 saturated carbocycles. The molecule has 0 saturated heterocycles. The maximum atomic E-state index is 11.9. The largest absolute Gasteiger partial charge is 0.493 e. The van der Waals surface area contributed by atoms with Crippen LogP contribution in [-0.2, 0) is 10.0 Å². The van der Waals surface area contributed by atoms with Gasteiger partial charge in [0.05, 0.1) is 18.7 Å². The van der Waals surface area contributed by atoms with E-state index in [0.717, 1.165) is 37.1 Å². The molecule has 0 amide bonds. The van der Waals surface area contributed by atoms with Crippen molar-refractivity contribution in [1.29, 1.82) is 0 Å². The van der Waals surface area contributed by atoms with Crippen LogP contribution in [0.1, 0.15) is 32.6 Å². The molecule has 1 aromatic heterocycles. The van der Waals surface area contributed by atoms with Gasteiger partial charge in [0.1, 0.15) is 5.75 Å². The van der Waals surface area contributed by atoms with E-state index in [2.05, 4.69) is 9.71 Å². The predicted molar refractivity (Wildman–Crippen MR) is 97.4 cm³/mol. The average molecular weight is 363 g/mol. The molecule has 2 atom stereocenters. The molecule has 2 aromatic rings. The van der Waals surface area contributed by atoms with Gasteiger partial charge in [0.15, 0.2) is 0 Å². The van der Waals surface area contributed by atoms with Crippen LogP contribution in [0.25, 0.3) is 5.69 Å². The summed E-state index contributed by atoms with van der Waals surface area (Å²) >= 11 is 0. The summed E-state index contributed by atoms with van der Waals surface area (Å²) in [6, 6.07) is 7.81. The van der Waals surface area contributed by atoms with Gasteiger partial charge in [-0.3, -0.25) is 0 Å². The first kappa shape index (κ1) is 17.9. The van der Waals surface area contributed by atoms with Crippen LogP contribution in [0, 0.1) is 5.92 Å². The highest BCUT2D eigenvalue weighted by atomic mass is 32.2. The lowest BCUT2D eigenvalue weighted by Crippen LogP contribution is -2.44. The molecule has 1 heterocycles. The Morgan fingerprint density at radius 2 is 2.00 bits per heavy atom. The standard InChI is InChI=1S/C18H25N3O3S/c1-2-25(22,23)20-18-6-4-3-5-15(18)13-24-17-9-7-16(8-10-17)21-12-11-19-14-21/h7-12,14-15,18,20H,2-6,13H2,1H3/t15-,18+/m0/s1. The summed E-state index contributed by atoms with van der Waals surface area (Å²) in [5, 5.41) is 0. The van der Waals surface area contributed by atoms with Crippen molar-refractivity contribution in [3.8, 4) is 11.4 Å². The number of aromatic nitrogens is 2. The topological polar surface area (TPSA) is 73.2 Å². The normalized spacial score (nSPS) is 21.2. The Labute approximate surface area is 149 Å². The Morgan fingerprint density at radius 1 is 1.24 bits per heavy atom. The molecule has 1 N–H and O–H groups in total. The van der Waals surface area contributed by atoms with E-state index >= 15 is 0 Å². The van der Waals surface area contributed by atoms with E-state index in [9.17, 15) is 8.42 Å². The molecule has 1 aromatic carbocycles. The van der Waals surface area contributed by atoms with Gasteiger partial charge in [0, 0.05) is 30.0 Å². The lowest BCUT2D eigenvalue weighted by Gasteiger charge is -2.31. The molecule has 136 valence electrons. The van der Waals surface area contributed by atoms with Gasteiger partial charge in [-0.15, -0.1) is 0 Å². The molecular weight excluding hydrogens is 338 g/mol. The number of hydrogen-bond acceptors (Lipinski definition) is 4. The zero-order chi connectivity index (χ0) is 17.7. The molecule has 1 aliphatic rings. The van der Waals surface area contributed by atoms with Crippen LogP contribution in [0.15, 0.2) is 43.0 Å². The van der Waals surface area contributed by atoms with E-state index in [0.29, 0.717) is 6.61 Å². The predicted octanol–water partition coefficient (Wildman–Crippen LogP) is 2.75. The number of sulfonamides is 1. The van der Waals surface area contributed by atoms with Crippen LogP contribution in [0.3, 0.4) is 0 Å². The van der Waals surface area contributed by atoms with Gasteiger partial charge >= 0.3 is 0 Å². The van der Waals surface area contributed by atoms with Gasteiger partial charge in [-0.05, 0) is 44.0 Å². The van der Waals surface area contributed by atoms with E-state index in [1.54, 1.807) is 19.4 Å². The molecule has 1 aliphatic carbocycles. The van der Waals surface area contributed by atoms with Crippen molar-refractivity contribution in [2.45, 2.75) is 38.6 Å². The second kappa shape index (κ2) is 8.01. The average Bonchev–Trinajstić information content (AvgIpc) is 3.16. The Morgan fingerprint density at radius 3 is 2.68 bits per heavy atom. The summed E-state index contributed by atoms with van der Waals surface area (Å²) in [6.45, 7) is 2.19. The molecule has 6 nitrogen and oxygen atoms in total. The number of hydrogen-bond donors (Lipinski definition) is 1. The molecule has 3 rings (SSSR count). The van der Waals surface area contributed by atoms with E-state index in [-0.39, 0.29) is 17.7 Å². The zero-order valence-electron chi connectivity index (χ0n) is 14.5. The third-order valence-corrected chi connectivity index (χ3v) is 6.15. The summed E-state index contributed by atoms with van der Waals surface area (Å²) < 4.78 is 34.5. The molecule has 0 aliphatic heterocycles. The fourth-order valence-electron chi connectivity index (χ4n) is 3.21. The number of benzene rings is 1. The molecule has 7 heteroatoms. The van der Waals surface area contributed by atoms with E-state index < -0.39 is 10.0 Å². The quantitative estimate of drug-likeness (QED) is 0.821. The monoisotopic (exact) mass is 363 g/mol. The van der Waals surface area contributed by atoms with Gasteiger partial charge < -0.3 is 9.30 Å². The molecule has 1 fully saturated rings. The third-order valence-electron chi connectivity index (χ3n) is 4.72. The van der Waals surface area contributed by atoms with Crippen LogP contribution >= 0.6 is 0 Å². The van der Waals surface area contributed by atoms with Crippen LogP contribution in [0.5, 0.6) is 5.75 Å². The van der Waals surface area contributed by atoms with Gasteiger partial charge in [-0.2, -0.15) is 0 Å². The number of imidazole rings is 1. The van der Waals surface area contributed by atoms with Crippen LogP contribution in [-0.4, -0.2) is 36.4 Å². The van der Waals surface area contributed by atoms with Gasteiger partial charge in [0.25, 0.3) is 0 Å². The van der Waals surface area contributed by atoms with E-state index in [1.807, 2.05) is 35.0 Å². The summed E-state index contributed by atoms with van der Waals surface area (Å²) in [4.78, 5) is 4.04. The maximum absolute atomic E-state index is 11.9. The van der Waals surface area contributed by atoms with Gasteiger partial charge in [-0.25, -0.2) is 18.1 Å². The highest BCUT2D eigenvalue weighted by Crippen LogP contribution is 2.26. The maximum Gasteiger partial charge on any atom is 0.211 e. The highest BCUT2D eigenvalue weighted by molar-refractivity contribution is 7.89. The number of nitrogens with zero attached hydrogens (tertiary/aromatic N) is 2. The van der Waals surface area contributed by atoms with Gasteiger partial charge in [0.2, 0.25) is 10.0 Å². The SMILES string of the molecule is CCS(=O)(=O)N[C@@H]1CCCC[C@H]1COc1ccc(-n2ccnc2)cc1. The summed E-state index contributed by atoms with van der Waals surface area (Å²) in [7, 11) is -3.18. The molecular formula is C18H25N3O3S. The minimum atomic E-state index is -3.18. The van der Waals surface area contributed by atoms with Crippen molar-refractivity contribution < 1.29 is 13.2 Å². The molecule has 0 unspecified atom stereocenters. The number of rotatable bonds is 7. The van der Waals surface area contributed by atoms with E-state index in [1.165, 1.54) is 0 Å². The zero-order valence-corrected chi connectivity index (χ0v) is 15.3. The Kier molecular flexibility index (Phi) is 5.75. The third kappa shape index (κ3) is 4.83. The van der Waals surface area contributed by atoms with Crippen LogP contribution in [0.2, 0.25) is 0 Å². The van der Waals surface area contributed by atoms with E-state index in [4.69, 9.17) is 4.74 Å². The smallest absolute Gasteiger partial charge is 0.211 e. The first-order chi connectivity index (χ1) is 12.1. The number of ether oxygens (including phenoxy) is 1.